The smallest absolute Gasteiger partial charge is 0.128 e. The molecule has 0 saturated heterocycles. The highest BCUT2D eigenvalue weighted by Gasteiger charge is 2.03. The summed E-state index contributed by atoms with van der Waals surface area (Å²) < 4.78 is 11.4. The van der Waals surface area contributed by atoms with Crippen LogP contribution in [0.1, 0.15) is 135 Å². The number of hydrogen-bond donors (Lipinski definition) is 1. The second-order valence-electron chi connectivity index (χ2n) is 8.29. The van der Waals surface area contributed by atoms with E-state index in [9.17, 15) is 4.55 Å². The van der Waals surface area contributed by atoms with Crippen LogP contribution in [0.4, 0.5) is 0 Å². The number of unbranched alkanes of at least 4 members (excludes halogenated alkanes) is 19. The van der Waals surface area contributed by atoms with E-state index >= 15 is 0 Å². The molecule has 0 aliphatic carbocycles. The Morgan fingerprint density at radius 2 is 0.778 bits per heavy atom. The van der Waals surface area contributed by atoms with Crippen LogP contribution in [0.5, 0.6) is 0 Å². The lowest BCUT2D eigenvalue weighted by atomic mass is 10.0. The maximum Gasteiger partial charge on any atom is 0.128 e. The van der Waals surface area contributed by atoms with Gasteiger partial charge in [-0.25, -0.2) is 0 Å². The monoisotopic (exact) mass is 402 g/mol. The van der Waals surface area contributed by atoms with Gasteiger partial charge in [0.15, 0.2) is 0 Å². The van der Waals surface area contributed by atoms with E-state index in [0.29, 0.717) is 5.75 Å². The summed E-state index contributed by atoms with van der Waals surface area (Å²) in [6.07, 6.45) is 27.8. The van der Waals surface area contributed by atoms with E-state index < -0.39 is 11.2 Å². The van der Waals surface area contributed by atoms with Crippen LogP contribution >= 0.6 is 0 Å². The van der Waals surface area contributed by atoms with E-state index in [-0.39, 0.29) is 6.61 Å². The topological polar surface area (TPSA) is 43.3 Å². The van der Waals surface area contributed by atoms with Crippen molar-refractivity contribution in [1.82, 2.24) is 0 Å². The third-order valence-electron chi connectivity index (χ3n) is 5.54. The Hall–Kier alpha value is 0.270. The van der Waals surface area contributed by atoms with Crippen LogP contribution < -0.4 is 0 Å². The molecule has 0 saturated carbocycles. The van der Waals surface area contributed by atoms with Gasteiger partial charge in [0.05, 0.1) is 6.61 Å². The first-order valence-corrected chi connectivity index (χ1v) is 13.8. The van der Waals surface area contributed by atoms with Crippen molar-refractivity contribution in [3.05, 3.63) is 0 Å². The van der Waals surface area contributed by atoms with Gasteiger partial charge in [-0.15, -0.1) is 0 Å². The maximum absolute atomic E-state index is 11.4. The average molecular weight is 403 g/mol. The number of aliphatic hydroxyl groups excluding tert-OH is 1. The van der Waals surface area contributed by atoms with Crippen molar-refractivity contribution in [2.45, 2.75) is 135 Å². The Labute approximate surface area is 174 Å². The molecule has 0 aromatic heterocycles. The van der Waals surface area contributed by atoms with Gasteiger partial charge in [-0.1, -0.05) is 134 Å². The minimum Gasteiger partial charge on any atom is -0.616 e. The fourth-order valence-corrected chi connectivity index (χ4v) is 4.66. The molecular weight excluding hydrogens is 352 g/mol. The van der Waals surface area contributed by atoms with Crippen molar-refractivity contribution < 1.29 is 9.66 Å². The molecule has 0 aromatic rings. The summed E-state index contributed by atoms with van der Waals surface area (Å²) in [4.78, 5) is 0. The summed E-state index contributed by atoms with van der Waals surface area (Å²) in [7, 11) is 0. The fourth-order valence-electron chi connectivity index (χ4n) is 3.72. The van der Waals surface area contributed by atoms with Gasteiger partial charge in [0.2, 0.25) is 0 Å². The van der Waals surface area contributed by atoms with Gasteiger partial charge in [-0.2, -0.15) is 0 Å². The van der Waals surface area contributed by atoms with Crippen LogP contribution in [0, 0.1) is 0 Å². The highest BCUT2D eigenvalue weighted by molar-refractivity contribution is 7.91. The van der Waals surface area contributed by atoms with Crippen molar-refractivity contribution >= 4 is 11.2 Å². The van der Waals surface area contributed by atoms with Crippen molar-refractivity contribution in [1.29, 1.82) is 0 Å². The molecule has 0 rings (SSSR count). The Morgan fingerprint density at radius 1 is 0.481 bits per heavy atom. The Bertz CT molecular complexity index is 261. The van der Waals surface area contributed by atoms with Crippen LogP contribution in [-0.4, -0.2) is 27.8 Å². The van der Waals surface area contributed by atoms with E-state index in [2.05, 4.69) is 6.92 Å². The molecule has 0 spiro atoms. The van der Waals surface area contributed by atoms with Gasteiger partial charge in [0, 0.05) is 0 Å². The fraction of sp³-hybridized carbons (Fsp3) is 1.00. The summed E-state index contributed by atoms with van der Waals surface area (Å²) in [6, 6.07) is 0. The normalized spacial score (nSPS) is 12.6. The predicted molar refractivity (Wildman–Crippen MR) is 123 cm³/mol. The van der Waals surface area contributed by atoms with E-state index in [4.69, 9.17) is 5.11 Å². The minimum absolute atomic E-state index is 0.0613. The molecule has 0 amide bonds. The molecule has 0 aliphatic rings. The van der Waals surface area contributed by atoms with Crippen LogP contribution in [-0.2, 0) is 11.2 Å². The van der Waals surface area contributed by atoms with Crippen molar-refractivity contribution in [2.24, 2.45) is 0 Å². The summed E-state index contributed by atoms with van der Waals surface area (Å²) >= 11 is -0.789. The first-order chi connectivity index (χ1) is 13.3. The number of aliphatic hydroxyl groups is 1. The lowest BCUT2D eigenvalue weighted by Crippen LogP contribution is -2.13. The highest BCUT2D eigenvalue weighted by atomic mass is 32.2. The Kier molecular flexibility index (Phi) is 24.6. The molecule has 27 heavy (non-hydrogen) atoms. The second kappa shape index (κ2) is 24.3. The zero-order valence-electron chi connectivity index (χ0n) is 18.5. The molecule has 0 heterocycles. The van der Waals surface area contributed by atoms with Crippen LogP contribution in [0.3, 0.4) is 0 Å². The molecule has 0 aromatic carbocycles. The number of hydrogen-bond acceptors (Lipinski definition) is 2. The number of rotatable bonds is 23. The van der Waals surface area contributed by atoms with Crippen LogP contribution in [0.15, 0.2) is 0 Å². The van der Waals surface area contributed by atoms with Crippen molar-refractivity contribution in [2.75, 3.05) is 18.1 Å². The highest BCUT2D eigenvalue weighted by Crippen LogP contribution is 2.14. The van der Waals surface area contributed by atoms with Crippen LogP contribution in [0.2, 0.25) is 0 Å². The minimum atomic E-state index is -0.789. The molecule has 1 unspecified atom stereocenters. The van der Waals surface area contributed by atoms with Gasteiger partial charge in [-0.3, -0.25) is 0 Å². The van der Waals surface area contributed by atoms with Gasteiger partial charge in [0.1, 0.15) is 11.5 Å². The predicted octanol–water partition coefficient (Wildman–Crippen LogP) is 7.55. The Balaban J connectivity index is 3.01. The average Bonchev–Trinajstić information content (AvgIpc) is 2.66. The molecule has 0 bridgehead atoms. The standard InChI is InChI=1S/C24H50O2S/c1-2-3-4-5-6-7-8-9-10-11-12-13-14-15-16-17-18-19-20-21-23-27(26)24-22-25/h25H,2-24H2,1H3. The first-order valence-electron chi connectivity index (χ1n) is 12.3. The molecule has 2 nitrogen and oxygen atoms in total. The first kappa shape index (κ1) is 27.3. The van der Waals surface area contributed by atoms with E-state index in [1.54, 1.807) is 0 Å². The zero-order chi connectivity index (χ0) is 19.8. The van der Waals surface area contributed by atoms with E-state index in [1.165, 1.54) is 122 Å². The molecule has 0 aliphatic heterocycles. The van der Waals surface area contributed by atoms with Crippen LogP contribution in [0.25, 0.3) is 0 Å². The Morgan fingerprint density at radius 3 is 1.07 bits per heavy atom. The SMILES string of the molecule is CCCCCCCCCCCCCCCCCCCCCC[S+]([O-])CCO. The van der Waals surface area contributed by atoms with Crippen molar-refractivity contribution in [3.63, 3.8) is 0 Å². The third kappa shape index (κ3) is 24.2. The zero-order valence-corrected chi connectivity index (χ0v) is 19.3. The lowest BCUT2D eigenvalue weighted by Gasteiger charge is -2.08. The van der Waals surface area contributed by atoms with E-state index in [1.807, 2.05) is 0 Å². The van der Waals surface area contributed by atoms with Gasteiger partial charge < -0.3 is 9.66 Å². The third-order valence-corrected chi connectivity index (χ3v) is 6.93. The second-order valence-corrected chi connectivity index (χ2v) is 9.99. The summed E-state index contributed by atoms with van der Waals surface area (Å²) in [5.41, 5.74) is 0. The maximum atomic E-state index is 11.4. The molecule has 0 fully saturated rings. The molecular formula is C24H50O2S. The quantitative estimate of drug-likeness (QED) is 0.142. The summed E-state index contributed by atoms with van der Waals surface area (Å²) in [5.74, 6) is 1.23. The summed E-state index contributed by atoms with van der Waals surface area (Å²) in [6.45, 7) is 2.35. The molecule has 3 heteroatoms. The van der Waals surface area contributed by atoms with E-state index in [0.717, 1.165) is 12.2 Å². The molecule has 1 atom stereocenters. The molecule has 0 radical (unpaired) electrons. The van der Waals surface area contributed by atoms with Gasteiger partial charge in [-0.05, 0) is 12.8 Å². The lowest BCUT2D eigenvalue weighted by molar-refractivity contribution is 0.319. The molecule has 164 valence electrons. The largest absolute Gasteiger partial charge is 0.616 e. The van der Waals surface area contributed by atoms with Gasteiger partial charge in [0.25, 0.3) is 0 Å². The van der Waals surface area contributed by atoms with Gasteiger partial charge >= 0.3 is 0 Å². The summed E-state index contributed by atoms with van der Waals surface area (Å²) in [5, 5.41) is 8.71. The molecule has 1 N–H and O–H groups in total. The van der Waals surface area contributed by atoms with Crippen molar-refractivity contribution in [3.8, 4) is 0 Å².